The van der Waals surface area contributed by atoms with E-state index < -0.39 is 18.8 Å². The number of piperazine rings is 1. The van der Waals surface area contributed by atoms with E-state index in [1.54, 1.807) is 0 Å². The molecule has 2 heterocycles. The largest absolute Gasteiger partial charge is 0.376 e. The summed E-state index contributed by atoms with van der Waals surface area (Å²) in [5, 5.41) is 3.53. The van der Waals surface area contributed by atoms with Crippen molar-refractivity contribution in [3.05, 3.63) is 76.2 Å². The highest BCUT2D eigenvalue weighted by Gasteiger charge is 2.43. The molecule has 0 amide bonds. The van der Waals surface area contributed by atoms with Gasteiger partial charge in [-0.05, 0) is 35.2 Å². The van der Waals surface area contributed by atoms with E-state index >= 15 is 0 Å². The third-order valence-corrected chi connectivity index (χ3v) is 6.10. The average molecular weight is 395 g/mol. The summed E-state index contributed by atoms with van der Waals surface area (Å²) in [5.41, 5.74) is 12.0. The van der Waals surface area contributed by atoms with Gasteiger partial charge in [0.05, 0.1) is 12.1 Å². The van der Waals surface area contributed by atoms with E-state index in [9.17, 15) is 4.39 Å². The van der Waals surface area contributed by atoms with Gasteiger partial charge < -0.3 is 9.64 Å². The average Bonchev–Trinajstić information content (AvgIpc) is 3.35. The molecule has 0 spiro atoms. The molecule has 1 unspecified atom stereocenters. The molecule has 6 nitrogen and oxygen atoms in total. The van der Waals surface area contributed by atoms with Gasteiger partial charge in [0, 0.05) is 49.4 Å². The fraction of sp³-hybridized carbons (Fsp3) is 0.455. The maximum atomic E-state index is 13.2. The molecule has 4 atom stereocenters. The van der Waals surface area contributed by atoms with Gasteiger partial charge >= 0.3 is 0 Å². The zero-order valence-corrected chi connectivity index (χ0v) is 16.6. The normalized spacial score (nSPS) is 23.0. The molecule has 2 aliphatic heterocycles. The molecule has 2 fully saturated rings. The Balaban J connectivity index is 1.41. The summed E-state index contributed by atoms with van der Waals surface area (Å²) < 4.78 is 18.6. The lowest BCUT2D eigenvalue weighted by Gasteiger charge is -2.36. The number of azide groups is 1. The number of likely N-dealkylation sites (tertiary alicyclic amines) is 1. The third kappa shape index (κ3) is 4.08. The van der Waals surface area contributed by atoms with Crippen molar-refractivity contribution in [2.24, 2.45) is 5.11 Å². The maximum Gasteiger partial charge on any atom is 0.101 e. The number of fused-ring (bicyclic) bond motifs is 2. The van der Waals surface area contributed by atoms with E-state index in [4.69, 9.17) is 10.3 Å². The van der Waals surface area contributed by atoms with Crippen LogP contribution >= 0.6 is 0 Å². The fourth-order valence-corrected chi connectivity index (χ4v) is 4.69. The number of methoxy groups -OCH3 is 1. The van der Waals surface area contributed by atoms with Gasteiger partial charge in [-0.25, -0.2) is 0 Å². The standard InChI is InChI=1S/C22H26FN5O/c1-29-22(21(12-23)25-26-24)17-7-9-18(10-8-17)28-15-19-11-20(28)14-27(19)13-16-5-3-2-4-6-16/h2-10,19-22H,11-15H2,1H3/t19?,20-,21-,22-/m1/s1. The van der Waals surface area contributed by atoms with Crippen LogP contribution in [0.15, 0.2) is 59.7 Å². The number of rotatable bonds is 8. The topological polar surface area (TPSA) is 64.5 Å². The van der Waals surface area contributed by atoms with E-state index in [1.807, 2.05) is 12.1 Å². The smallest absolute Gasteiger partial charge is 0.101 e. The Kier molecular flexibility index (Phi) is 6.00. The summed E-state index contributed by atoms with van der Waals surface area (Å²) in [6.07, 6.45) is 0.608. The second kappa shape index (κ2) is 8.82. The maximum absolute atomic E-state index is 13.2. The molecule has 2 aromatic carbocycles. The lowest BCUT2D eigenvalue weighted by atomic mass is 10.0. The van der Waals surface area contributed by atoms with Gasteiger partial charge in [0.2, 0.25) is 0 Å². The predicted octanol–water partition coefficient (Wildman–Crippen LogP) is 4.49. The molecule has 29 heavy (non-hydrogen) atoms. The van der Waals surface area contributed by atoms with Crippen molar-refractivity contribution in [3.8, 4) is 0 Å². The molecule has 7 heteroatoms. The van der Waals surface area contributed by atoms with E-state index in [-0.39, 0.29) is 0 Å². The Hall–Kier alpha value is -2.60. The zero-order chi connectivity index (χ0) is 20.2. The van der Waals surface area contributed by atoms with Crippen LogP contribution in [0, 0.1) is 0 Å². The lowest BCUT2D eigenvalue weighted by molar-refractivity contribution is 0.0722. The van der Waals surface area contributed by atoms with Crippen molar-refractivity contribution < 1.29 is 9.13 Å². The molecule has 152 valence electrons. The van der Waals surface area contributed by atoms with Crippen LogP contribution in [0.4, 0.5) is 10.1 Å². The molecule has 0 aromatic heterocycles. The molecule has 2 aliphatic rings. The quantitative estimate of drug-likeness (QED) is 0.376. The molecule has 0 aliphatic carbocycles. The highest BCUT2D eigenvalue weighted by atomic mass is 19.1. The fourth-order valence-electron chi connectivity index (χ4n) is 4.69. The summed E-state index contributed by atoms with van der Waals surface area (Å²) in [5.74, 6) is 0. The molecule has 2 saturated heterocycles. The lowest BCUT2D eigenvalue weighted by Crippen LogP contribution is -2.46. The van der Waals surface area contributed by atoms with Crippen LogP contribution in [-0.4, -0.2) is 49.9 Å². The Morgan fingerprint density at radius 1 is 1.14 bits per heavy atom. The highest BCUT2D eigenvalue weighted by molar-refractivity contribution is 5.51. The summed E-state index contributed by atoms with van der Waals surface area (Å²) in [7, 11) is 1.51. The molecule has 0 saturated carbocycles. The van der Waals surface area contributed by atoms with Crippen LogP contribution in [0.1, 0.15) is 23.7 Å². The minimum atomic E-state index is -0.856. The van der Waals surface area contributed by atoms with E-state index in [2.05, 4.69) is 62.3 Å². The van der Waals surface area contributed by atoms with Gasteiger partial charge in [-0.1, -0.05) is 47.6 Å². The molecule has 2 aromatic rings. The second-order valence-corrected chi connectivity index (χ2v) is 7.79. The number of ether oxygens (including phenoxy) is 1. The van der Waals surface area contributed by atoms with E-state index in [1.165, 1.54) is 24.8 Å². The van der Waals surface area contributed by atoms with Crippen LogP contribution in [0.2, 0.25) is 0 Å². The number of benzene rings is 2. The zero-order valence-electron chi connectivity index (χ0n) is 16.6. The first-order valence-electron chi connectivity index (χ1n) is 10.0. The highest BCUT2D eigenvalue weighted by Crippen LogP contribution is 2.36. The Labute approximate surface area is 170 Å². The first-order valence-corrected chi connectivity index (χ1v) is 10.0. The van der Waals surface area contributed by atoms with Crippen molar-refractivity contribution in [1.82, 2.24) is 4.90 Å². The SMILES string of the molecule is CO[C@H](c1ccc(N2CC3C[C@@H]2CN3Cc2ccccc2)cc1)[C@@H](CF)N=[N+]=[N-]. The van der Waals surface area contributed by atoms with Crippen molar-refractivity contribution in [1.29, 1.82) is 0 Å². The minimum Gasteiger partial charge on any atom is -0.376 e. The molecule has 0 N–H and O–H groups in total. The van der Waals surface area contributed by atoms with Crippen LogP contribution < -0.4 is 4.90 Å². The molecule has 2 bridgehead atoms. The van der Waals surface area contributed by atoms with Gasteiger partial charge in [0.25, 0.3) is 0 Å². The van der Waals surface area contributed by atoms with Gasteiger partial charge in [-0.2, -0.15) is 0 Å². The van der Waals surface area contributed by atoms with Crippen molar-refractivity contribution in [3.63, 3.8) is 0 Å². The van der Waals surface area contributed by atoms with Gasteiger partial charge in [-0.3, -0.25) is 9.29 Å². The molecule has 4 rings (SSSR count). The summed E-state index contributed by atoms with van der Waals surface area (Å²) in [6.45, 7) is 2.35. The molecular weight excluding hydrogens is 369 g/mol. The summed E-state index contributed by atoms with van der Waals surface area (Å²) in [4.78, 5) is 7.79. The van der Waals surface area contributed by atoms with Crippen LogP contribution in [0.25, 0.3) is 10.4 Å². The number of halogens is 1. The monoisotopic (exact) mass is 395 g/mol. The van der Waals surface area contributed by atoms with Crippen LogP contribution in [0.3, 0.4) is 0 Å². The van der Waals surface area contributed by atoms with Crippen LogP contribution in [0.5, 0.6) is 0 Å². The Bertz CT molecular complexity index is 855. The Morgan fingerprint density at radius 3 is 2.48 bits per heavy atom. The molecular formula is C22H26FN5O. The van der Waals surface area contributed by atoms with Crippen molar-refractivity contribution >= 4 is 5.69 Å². The second-order valence-electron chi connectivity index (χ2n) is 7.79. The van der Waals surface area contributed by atoms with Gasteiger partial charge in [0.1, 0.15) is 6.67 Å². The summed E-state index contributed by atoms with van der Waals surface area (Å²) in [6, 6.07) is 18.9. The number of nitrogens with zero attached hydrogens (tertiary/aromatic N) is 5. The van der Waals surface area contributed by atoms with E-state index in [0.717, 1.165) is 25.2 Å². The number of hydrogen-bond acceptors (Lipinski definition) is 4. The van der Waals surface area contributed by atoms with Crippen molar-refractivity contribution in [2.75, 3.05) is 31.8 Å². The van der Waals surface area contributed by atoms with E-state index in [0.29, 0.717) is 12.1 Å². The third-order valence-electron chi connectivity index (χ3n) is 6.10. The first kappa shape index (κ1) is 19.7. The Morgan fingerprint density at radius 2 is 1.90 bits per heavy atom. The van der Waals surface area contributed by atoms with Crippen LogP contribution in [-0.2, 0) is 11.3 Å². The van der Waals surface area contributed by atoms with Gasteiger partial charge in [0.15, 0.2) is 0 Å². The number of alkyl halides is 1. The minimum absolute atomic E-state index is 0.523. The molecule has 0 radical (unpaired) electrons. The number of hydrogen-bond donors (Lipinski definition) is 0. The van der Waals surface area contributed by atoms with Crippen molar-refractivity contribution in [2.45, 2.75) is 37.2 Å². The number of anilines is 1. The first-order chi connectivity index (χ1) is 14.2. The predicted molar refractivity (Wildman–Crippen MR) is 111 cm³/mol. The summed E-state index contributed by atoms with van der Waals surface area (Å²) >= 11 is 0. The van der Waals surface area contributed by atoms with Gasteiger partial charge in [-0.15, -0.1) is 0 Å².